The van der Waals surface area contributed by atoms with Gasteiger partial charge >= 0.3 is 5.91 Å². The summed E-state index contributed by atoms with van der Waals surface area (Å²) in [5, 5.41) is 4.83. The Balaban J connectivity index is 1.77. The van der Waals surface area contributed by atoms with Crippen molar-refractivity contribution in [3.8, 4) is 11.5 Å². The first-order chi connectivity index (χ1) is 12.5. The van der Waals surface area contributed by atoms with Crippen LogP contribution in [0.2, 0.25) is 0 Å². The summed E-state index contributed by atoms with van der Waals surface area (Å²) in [7, 11) is 3.17. The first-order valence-electron chi connectivity index (χ1n) is 7.77. The summed E-state index contributed by atoms with van der Waals surface area (Å²) >= 11 is 3.39. The fraction of sp³-hybridized carbons (Fsp3) is 0.158. The number of ether oxygens (including phenoxy) is 2. The molecule has 0 aliphatic heterocycles. The number of hydrogen-bond donors (Lipinski definition) is 1. The van der Waals surface area contributed by atoms with Crippen molar-refractivity contribution in [3.63, 3.8) is 0 Å². The number of benzene rings is 2. The Morgan fingerprint density at radius 2 is 2.00 bits per heavy atom. The zero-order valence-electron chi connectivity index (χ0n) is 14.5. The minimum absolute atomic E-state index is 0.188. The van der Waals surface area contributed by atoms with E-state index >= 15 is 0 Å². The summed E-state index contributed by atoms with van der Waals surface area (Å²) in [5.41, 5.74) is 4.67. The Morgan fingerprint density at radius 3 is 2.73 bits per heavy atom. The van der Waals surface area contributed by atoms with Crippen molar-refractivity contribution < 1.29 is 18.7 Å². The first kappa shape index (κ1) is 18.0. The summed E-state index contributed by atoms with van der Waals surface area (Å²) in [5.74, 6) is 1.11. The van der Waals surface area contributed by atoms with E-state index in [1.165, 1.54) is 6.21 Å². The molecule has 0 aliphatic carbocycles. The molecule has 1 heterocycles. The van der Waals surface area contributed by atoms with Gasteiger partial charge in [-0.1, -0.05) is 15.9 Å². The van der Waals surface area contributed by atoms with Gasteiger partial charge in [-0.05, 0) is 43.3 Å². The van der Waals surface area contributed by atoms with Gasteiger partial charge in [-0.2, -0.15) is 5.10 Å². The lowest BCUT2D eigenvalue weighted by molar-refractivity contribution is 0.0929. The van der Waals surface area contributed by atoms with E-state index in [1.54, 1.807) is 32.4 Å². The highest BCUT2D eigenvalue weighted by Crippen LogP contribution is 2.30. The minimum atomic E-state index is -0.433. The van der Waals surface area contributed by atoms with Crippen molar-refractivity contribution >= 4 is 39.0 Å². The molecule has 0 bridgehead atoms. The molecule has 0 fully saturated rings. The van der Waals surface area contributed by atoms with Crippen LogP contribution < -0.4 is 14.9 Å². The molecular formula is C19H17BrN2O4. The Labute approximate surface area is 158 Å². The fourth-order valence-electron chi connectivity index (χ4n) is 2.63. The van der Waals surface area contributed by atoms with E-state index in [0.717, 1.165) is 26.7 Å². The molecule has 2 aromatic carbocycles. The standard InChI is InChI=1S/C19H17BrN2O4/c1-11-15(24-2)6-4-12(18(11)25-3)10-21-22-19(23)17-9-13-8-14(20)5-7-16(13)26-17/h4-10H,1-3H3,(H,22,23). The summed E-state index contributed by atoms with van der Waals surface area (Å²) in [6, 6.07) is 10.8. The number of nitrogens with zero attached hydrogens (tertiary/aromatic N) is 1. The minimum Gasteiger partial charge on any atom is -0.496 e. The van der Waals surface area contributed by atoms with E-state index in [0.29, 0.717) is 11.3 Å². The van der Waals surface area contributed by atoms with Gasteiger partial charge < -0.3 is 13.9 Å². The lowest BCUT2D eigenvalue weighted by Gasteiger charge is -2.11. The lowest BCUT2D eigenvalue weighted by Crippen LogP contribution is -2.16. The average molecular weight is 417 g/mol. The number of halogens is 1. The number of fused-ring (bicyclic) bond motifs is 1. The summed E-state index contributed by atoms with van der Waals surface area (Å²) in [6.45, 7) is 1.89. The maximum atomic E-state index is 12.2. The summed E-state index contributed by atoms with van der Waals surface area (Å²) in [6.07, 6.45) is 1.52. The topological polar surface area (TPSA) is 73.1 Å². The Morgan fingerprint density at radius 1 is 1.19 bits per heavy atom. The molecule has 0 saturated heterocycles. The van der Waals surface area contributed by atoms with Gasteiger partial charge in [-0.25, -0.2) is 5.43 Å². The Kier molecular flexibility index (Phi) is 5.27. The predicted octanol–water partition coefficient (Wildman–Crippen LogP) is 4.28. The molecule has 6 nitrogen and oxygen atoms in total. The molecule has 134 valence electrons. The number of hydrogen-bond acceptors (Lipinski definition) is 5. The van der Waals surface area contributed by atoms with Gasteiger partial charge in [0.15, 0.2) is 5.76 Å². The summed E-state index contributed by atoms with van der Waals surface area (Å²) in [4.78, 5) is 12.2. The number of amides is 1. The first-order valence-corrected chi connectivity index (χ1v) is 8.57. The van der Waals surface area contributed by atoms with Crippen LogP contribution in [0.1, 0.15) is 21.7 Å². The van der Waals surface area contributed by atoms with Crippen LogP contribution in [0.3, 0.4) is 0 Å². The molecule has 7 heteroatoms. The number of nitrogens with one attached hydrogen (secondary N) is 1. The molecule has 0 saturated carbocycles. The van der Waals surface area contributed by atoms with E-state index in [4.69, 9.17) is 13.9 Å². The van der Waals surface area contributed by atoms with Gasteiger partial charge in [0.2, 0.25) is 0 Å². The highest BCUT2D eigenvalue weighted by atomic mass is 79.9. The Bertz CT molecular complexity index is 995. The van der Waals surface area contributed by atoms with Crippen LogP contribution in [0.4, 0.5) is 0 Å². The second kappa shape index (κ2) is 7.61. The maximum Gasteiger partial charge on any atom is 0.307 e. The van der Waals surface area contributed by atoms with E-state index in [2.05, 4.69) is 26.5 Å². The van der Waals surface area contributed by atoms with Crippen LogP contribution in [0, 0.1) is 6.92 Å². The molecule has 1 amide bonds. The van der Waals surface area contributed by atoms with Crippen LogP contribution in [0.15, 0.2) is 50.4 Å². The lowest BCUT2D eigenvalue weighted by atomic mass is 10.1. The molecule has 3 aromatic rings. The van der Waals surface area contributed by atoms with Gasteiger partial charge in [0.05, 0.1) is 20.4 Å². The van der Waals surface area contributed by atoms with Crippen LogP contribution >= 0.6 is 15.9 Å². The maximum absolute atomic E-state index is 12.2. The molecular weight excluding hydrogens is 400 g/mol. The van der Waals surface area contributed by atoms with Crippen LogP contribution in [-0.2, 0) is 0 Å². The number of rotatable bonds is 5. The van der Waals surface area contributed by atoms with Gasteiger partial charge in [-0.15, -0.1) is 0 Å². The van der Waals surface area contributed by atoms with E-state index in [9.17, 15) is 4.79 Å². The number of methoxy groups -OCH3 is 2. The molecule has 1 N–H and O–H groups in total. The van der Waals surface area contributed by atoms with Gasteiger partial charge in [0, 0.05) is 21.0 Å². The van der Waals surface area contributed by atoms with Crippen molar-refractivity contribution in [1.29, 1.82) is 0 Å². The van der Waals surface area contributed by atoms with Gasteiger partial charge in [0.1, 0.15) is 17.1 Å². The quantitative estimate of drug-likeness (QED) is 0.497. The summed E-state index contributed by atoms with van der Waals surface area (Å²) < 4.78 is 17.1. The molecule has 0 aliphatic rings. The molecule has 0 unspecified atom stereocenters. The normalized spacial score (nSPS) is 11.1. The fourth-order valence-corrected chi connectivity index (χ4v) is 3.01. The van der Waals surface area contributed by atoms with Crippen LogP contribution in [-0.4, -0.2) is 26.3 Å². The van der Waals surface area contributed by atoms with Crippen molar-refractivity contribution in [3.05, 3.63) is 57.8 Å². The molecule has 26 heavy (non-hydrogen) atoms. The third kappa shape index (κ3) is 3.57. The van der Waals surface area contributed by atoms with Crippen molar-refractivity contribution in [2.24, 2.45) is 5.10 Å². The van der Waals surface area contributed by atoms with E-state index in [-0.39, 0.29) is 5.76 Å². The van der Waals surface area contributed by atoms with Crippen molar-refractivity contribution in [2.45, 2.75) is 6.92 Å². The zero-order valence-corrected chi connectivity index (χ0v) is 16.1. The third-order valence-electron chi connectivity index (χ3n) is 3.88. The van der Waals surface area contributed by atoms with Gasteiger partial charge in [0.25, 0.3) is 0 Å². The van der Waals surface area contributed by atoms with Gasteiger partial charge in [-0.3, -0.25) is 4.79 Å². The highest BCUT2D eigenvalue weighted by molar-refractivity contribution is 9.10. The monoisotopic (exact) mass is 416 g/mol. The van der Waals surface area contributed by atoms with Crippen molar-refractivity contribution in [1.82, 2.24) is 5.43 Å². The number of furan rings is 1. The second-order valence-corrected chi connectivity index (χ2v) is 6.42. The SMILES string of the molecule is COc1ccc(C=NNC(=O)c2cc3cc(Br)ccc3o2)c(OC)c1C. The number of carbonyl (C=O) groups excluding carboxylic acids is 1. The molecule has 3 rings (SSSR count). The van der Waals surface area contributed by atoms with E-state index in [1.807, 2.05) is 25.1 Å². The highest BCUT2D eigenvalue weighted by Gasteiger charge is 2.13. The molecule has 0 spiro atoms. The molecule has 0 radical (unpaired) electrons. The molecule has 1 aromatic heterocycles. The largest absolute Gasteiger partial charge is 0.496 e. The zero-order chi connectivity index (χ0) is 18.7. The predicted molar refractivity (Wildman–Crippen MR) is 103 cm³/mol. The third-order valence-corrected chi connectivity index (χ3v) is 4.38. The Hall–Kier alpha value is -2.80. The van der Waals surface area contributed by atoms with Crippen LogP contribution in [0.25, 0.3) is 11.0 Å². The number of carbonyl (C=O) groups is 1. The average Bonchev–Trinajstić information content (AvgIpc) is 3.05. The van der Waals surface area contributed by atoms with E-state index < -0.39 is 5.91 Å². The number of hydrazone groups is 1. The second-order valence-electron chi connectivity index (χ2n) is 5.51. The van der Waals surface area contributed by atoms with Crippen molar-refractivity contribution in [2.75, 3.05) is 14.2 Å². The molecule has 0 atom stereocenters. The van der Waals surface area contributed by atoms with Crippen LogP contribution in [0.5, 0.6) is 11.5 Å². The smallest absolute Gasteiger partial charge is 0.307 e.